The third kappa shape index (κ3) is 3.56. The van der Waals surface area contributed by atoms with Gasteiger partial charge in [-0.3, -0.25) is 4.79 Å². The van der Waals surface area contributed by atoms with E-state index in [4.69, 9.17) is 9.47 Å². The number of benzene rings is 2. The van der Waals surface area contributed by atoms with Gasteiger partial charge >= 0.3 is 0 Å². The fraction of sp³-hybridized carbons (Fsp3) is 0.111. The van der Waals surface area contributed by atoms with Crippen LogP contribution in [0.25, 0.3) is 10.1 Å². The normalized spacial score (nSPS) is 11.0. The standard InChI is InChI=1S/C18H16N2O4S/c1-23-12-8-14(21)13(15(9-12)24-2)10-19-20-18(22)17-7-11-5-3-4-6-16(11)25-17/h3-10,21H,1-2H3,(H,20,22)/b19-10-. The SMILES string of the molecule is COc1cc(O)c(/C=N\NC(=O)c2cc3ccccc3s2)c(OC)c1. The van der Waals surface area contributed by atoms with E-state index in [2.05, 4.69) is 10.5 Å². The molecule has 0 aliphatic carbocycles. The molecule has 0 saturated heterocycles. The molecule has 2 aromatic carbocycles. The van der Waals surface area contributed by atoms with Gasteiger partial charge in [0, 0.05) is 16.8 Å². The Bertz CT molecular complexity index is 916. The van der Waals surface area contributed by atoms with Crippen LogP contribution in [0.15, 0.2) is 47.6 Å². The van der Waals surface area contributed by atoms with Crippen molar-refractivity contribution in [1.29, 1.82) is 0 Å². The summed E-state index contributed by atoms with van der Waals surface area (Å²) in [6, 6.07) is 12.6. The number of hydrogen-bond donors (Lipinski definition) is 2. The molecule has 0 bridgehead atoms. The van der Waals surface area contributed by atoms with Crippen LogP contribution in [0, 0.1) is 0 Å². The molecule has 7 heteroatoms. The Kier molecular flexibility index (Phi) is 4.85. The number of rotatable bonds is 5. The number of methoxy groups -OCH3 is 2. The molecule has 3 rings (SSSR count). The Morgan fingerprint density at radius 3 is 2.72 bits per heavy atom. The molecule has 1 amide bonds. The van der Waals surface area contributed by atoms with Crippen molar-refractivity contribution in [3.8, 4) is 17.2 Å². The summed E-state index contributed by atoms with van der Waals surface area (Å²) in [5, 5.41) is 15.0. The van der Waals surface area contributed by atoms with Crippen molar-refractivity contribution in [2.24, 2.45) is 5.10 Å². The molecular formula is C18H16N2O4S. The third-order valence-electron chi connectivity index (χ3n) is 3.56. The minimum absolute atomic E-state index is 0.0592. The molecule has 0 spiro atoms. The number of fused-ring (bicyclic) bond motifs is 1. The molecule has 1 heterocycles. The predicted molar refractivity (Wildman–Crippen MR) is 98.1 cm³/mol. The van der Waals surface area contributed by atoms with Gasteiger partial charge in [0.2, 0.25) is 0 Å². The highest BCUT2D eigenvalue weighted by atomic mass is 32.1. The Morgan fingerprint density at radius 1 is 1.20 bits per heavy atom. The first kappa shape index (κ1) is 16.8. The minimum Gasteiger partial charge on any atom is -0.507 e. The van der Waals surface area contributed by atoms with Gasteiger partial charge in [-0.25, -0.2) is 5.43 Å². The van der Waals surface area contributed by atoms with Gasteiger partial charge < -0.3 is 14.6 Å². The quantitative estimate of drug-likeness (QED) is 0.542. The van der Waals surface area contributed by atoms with E-state index in [1.807, 2.05) is 30.3 Å². The molecule has 0 unspecified atom stereocenters. The molecule has 25 heavy (non-hydrogen) atoms. The number of nitrogens with one attached hydrogen (secondary N) is 1. The average Bonchev–Trinajstić information content (AvgIpc) is 3.06. The highest BCUT2D eigenvalue weighted by Gasteiger charge is 2.11. The Hall–Kier alpha value is -3.06. The fourth-order valence-electron chi connectivity index (χ4n) is 2.31. The molecule has 0 atom stereocenters. The first-order chi connectivity index (χ1) is 12.1. The van der Waals surface area contributed by atoms with Crippen molar-refractivity contribution < 1.29 is 19.4 Å². The van der Waals surface area contributed by atoms with Gasteiger partial charge in [-0.05, 0) is 17.5 Å². The molecule has 0 saturated carbocycles. The lowest BCUT2D eigenvalue weighted by molar-refractivity contribution is 0.0959. The number of hydrogen-bond acceptors (Lipinski definition) is 6. The molecule has 128 valence electrons. The molecule has 6 nitrogen and oxygen atoms in total. The van der Waals surface area contributed by atoms with Crippen LogP contribution in [0.1, 0.15) is 15.2 Å². The maximum absolute atomic E-state index is 12.2. The van der Waals surface area contributed by atoms with Crippen LogP contribution in [0.5, 0.6) is 17.2 Å². The summed E-state index contributed by atoms with van der Waals surface area (Å²) in [5.74, 6) is 0.470. The summed E-state index contributed by atoms with van der Waals surface area (Å²) in [4.78, 5) is 12.8. The second-order valence-corrected chi connectivity index (χ2v) is 6.19. The molecule has 3 aromatic rings. The maximum Gasteiger partial charge on any atom is 0.281 e. The van der Waals surface area contributed by atoms with Gasteiger partial charge in [-0.1, -0.05) is 18.2 Å². The molecule has 0 radical (unpaired) electrons. The van der Waals surface area contributed by atoms with E-state index in [9.17, 15) is 9.90 Å². The van der Waals surface area contributed by atoms with E-state index >= 15 is 0 Å². The van der Waals surface area contributed by atoms with E-state index in [1.54, 1.807) is 6.07 Å². The van der Waals surface area contributed by atoms with Gasteiger partial charge in [0.25, 0.3) is 5.91 Å². The van der Waals surface area contributed by atoms with Crippen LogP contribution < -0.4 is 14.9 Å². The van der Waals surface area contributed by atoms with E-state index < -0.39 is 0 Å². The Morgan fingerprint density at radius 2 is 2.00 bits per heavy atom. The number of aromatic hydroxyl groups is 1. The number of carbonyl (C=O) groups excluding carboxylic acids is 1. The lowest BCUT2D eigenvalue weighted by atomic mass is 10.2. The smallest absolute Gasteiger partial charge is 0.281 e. The highest BCUT2D eigenvalue weighted by Crippen LogP contribution is 2.31. The van der Waals surface area contributed by atoms with Gasteiger partial charge in [-0.2, -0.15) is 5.10 Å². The average molecular weight is 356 g/mol. The van der Waals surface area contributed by atoms with E-state index in [1.165, 1.54) is 37.8 Å². The number of nitrogens with zero attached hydrogens (tertiary/aromatic N) is 1. The molecule has 2 N–H and O–H groups in total. The van der Waals surface area contributed by atoms with Crippen molar-refractivity contribution in [1.82, 2.24) is 5.43 Å². The van der Waals surface area contributed by atoms with E-state index in [0.717, 1.165) is 10.1 Å². The molecule has 0 aliphatic rings. The monoisotopic (exact) mass is 356 g/mol. The number of phenolic OH excluding ortho intramolecular Hbond substituents is 1. The van der Waals surface area contributed by atoms with Gasteiger partial charge in [0.1, 0.15) is 17.2 Å². The van der Waals surface area contributed by atoms with E-state index in [-0.39, 0.29) is 11.7 Å². The van der Waals surface area contributed by atoms with Gasteiger partial charge in [0.15, 0.2) is 0 Å². The Balaban J connectivity index is 1.77. The van der Waals surface area contributed by atoms with E-state index in [0.29, 0.717) is 21.9 Å². The summed E-state index contributed by atoms with van der Waals surface area (Å²) in [6.45, 7) is 0. The van der Waals surface area contributed by atoms with Gasteiger partial charge in [-0.15, -0.1) is 11.3 Å². The third-order valence-corrected chi connectivity index (χ3v) is 4.67. The van der Waals surface area contributed by atoms with Crippen LogP contribution in [-0.4, -0.2) is 31.4 Å². The fourth-order valence-corrected chi connectivity index (χ4v) is 3.26. The van der Waals surface area contributed by atoms with Crippen LogP contribution in [0.2, 0.25) is 0 Å². The van der Waals surface area contributed by atoms with Crippen LogP contribution >= 0.6 is 11.3 Å². The highest BCUT2D eigenvalue weighted by molar-refractivity contribution is 7.20. The van der Waals surface area contributed by atoms with Crippen molar-refractivity contribution in [3.05, 3.63) is 52.9 Å². The second-order valence-electron chi connectivity index (χ2n) is 5.11. The zero-order valence-corrected chi connectivity index (χ0v) is 14.5. The van der Waals surface area contributed by atoms with Gasteiger partial charge in [0.05, 0.1) is 30.9 Å². The first-order valence-electron chi connectivity index (χ1n) is 7.39. The molecule has 0 fully saturated rings. The summed E-state index contributed by atoms with van der Waals surface area (Å²) in [6.07, 6.45) is 1.33. The predicted octanol–water partition coefficient (Wildman–Crippen LogP) is 3.39. The van der Waals surface area contributed by atoms with Crippen LogP contribution in [-0.2, 0) is 0 Å². The van der Waals surface area contributed by atoms with Crippen LogP contribution in [0.4, 0.5) is 0 Å². The minimum atomic E-state index is -0.315. The van der Waals surface area contributed by atoms with Crippen molar-refractivity contribution in [2.45, 2.75) is 0 Å². The molecule has 0 aliphatic heterocycles. The summed E-state index contributed by atoms with van der Waals surface area (Å²) >= 11 is 1.39. The number of phenols is 1. The number of amides is 1. The number of ether oxygens (including phenoxy) is 2. The first-order valence-corrected chi connectivity index (χ1v) is 8.21. The summed E-state index contributed by atoms with van der Waals surface area (Å²) < 4.78 is 11.3. The Labute approximate surface area is 148 Å². The largest absolute Gasteiger partial charge is 0.507 e. The molecular weight excluding hydrogens is 340 g/mol. The maximum atomic E-state index is 12.2. The number of hydrazone groups is 1. The van der Waals surface area contributed by atoms with Crippen molar-refractivity contribution in [3.63, 3.8) is 0 Å². The summed E-state index contributed by atoms with van der Waals surface area (Å²) in [5.41, 5.74) is 2.81. The lowest BCUT2D eigenvalue weighted by Crippen LogP contribution is -2.16. The number of thiophene rings is 1. The van der Waals surface area contributed by atoms with Crippen molar-refractivity contribution >= 4 is 33.5 Å². The zero-order chi connectivity index (χ0) is 17.8. The number of carbonyl (C=O) groups is 1. The lowest BCUT2D eigenvalue weighted by Gasteiger charge is -2.09. The summed E-state index contributed by atoms with van der Waals surface area (Å²) in [7, 11) is 2.97. The topological polar surface area (TPSA) is 80.2 Å². The second kappa shape index (κ2) is 7.23. The van der Waals surface area contributed by atoms with Crippen LogP contribution in [0.3, 0.4) is 0 Å². The van der Waals surface area contributed by atoms with Crippen molar-refractivity contribution in [2.75, 3.05) is 14.2 Å². The molecule has 1 aromatic heterocycles. The zero-order valence-electron chi connectivity index (χ0n) is 13.6.